The average Bonchev–Trinajstić information content (AvgIpc) is 2.77. The van der Waals surface area contributed by atoms with Crippen LogP contribution in [0.2, 0.25) is 0 Å². The van der Waals surface area contributed by atoms with Crippen LogP contribution in [0.15, 0.2) is 60.7 Å². The smallest absolute Gasteiger partial charge is 0.338 e. The summed E-state index contributed by atoms with van der Waals surface area (Å²) in [6.45, 7) is 6.30. The molecule has 3 aromatic rings. The molecule has 0 saturated heterocycles. The second kappa shape index (κ2) is 10.2. The molecule has 0 fully saturated rings. The highest BCUT2D eigenvalue weighted by atomic mass is 32.2. The Balaban J connectivity index is 1.26. The molecule has 1 unspecified atom stereocenters. The van der Waals surface area contributed by atoms with Gasteiger partial charge in [0.1, 0.15) is 6.61 Å². The van der Waals surface area contributed by atoms with E-state index in [1.165, 1.54) is 22.3 Å². The number of aryl methyl sites for hydroxylation is 2. The van der Waals surface area contributed by atoms with Crippen LogP contribution in [-0.4, -0.2) is 10.2 Å². The van der Waals surface area contributed by atoms with Crippen LogP contribution in [0.4, 0.5) is 0 Å². The number of hydrogen-bond donors (Lipinski definition) is 1. The molecule has 0 bridgehead atoms. The van der Waals surface area contributed by atoms with Crippen LogP contribution in [0.3, 0.4) is 0 Å². The van der Waals surface area contributed by atoms with Crippen molar-refractivity contribution in [2.75, 3.05) is 0 Å². The molecule has 1 aliphatic heterocycles. The van der Waals surface area contributed by atoms with E-state index in [-0.39, 0.29) is 19.2 Å². The molecule has 0 spiro atoms. The fourth-order valence-corrected chi connectivity index (χ4v) is 4.71. The van der Waals surface area contributed by atoms with E-state index < -0.39 is 11.1 Å². The number of nitrogens with one attached hydrogen (secondary N) is 1. The van der Waals surface area contributed by atoms with Crippen molar-refractivity contribution in [1.82, 2.24) is 5.32 Å². The van der Waals surface area contributed by atoms with Gasteiger partial charge in [-0.25, -0.2) is 9.00 Å². The fourth-order valence-electron chi connectivity index (χ4n) is 3.83. The Bertz CT molecular complexity index is 1120. The average molecular weight is 450 g/mol. The van der Waals surface area contributed by atoms with Crippen LogP contribution in [-0.2, 0) is 52.1 Å². The van der Waals surface area contributed by atoms with Crippen LogP contribution in [0.25, 0.3) is 0 Å². The quantitative estimate of drug-likeness (QED) is 0.532. The van der Waals surface area contributed by atoms with Crippen molar-refractivity contribution in [3.05, 3.63) is 105 Å². The Labute approximate surface area is 191 Å². The van der Waals surface area contributed by atoms with Crippen molar-refractivity contribution in [2.45, 2.75) is 45.9 Å². The number of carbonyl (C=O) groups excluding carboxylic acids is 1. The monoisotopic (exact) mass is 449 g/mol. The number of fused-ring (bicyclic) bond motifs is 1. The van der Waals surface area contributed by atoms with Gasteiger partial charge in [-0.3, -0.25) is 4.18 Å². The highest BCUT2D eigenvalue weighted by Crippen LogP contribution is 2.21. The number of ether oxygens (including phenoxy) is 1. The first-order chi connectivity index (χ1) is 15.5. The van der Waals surface area contributed by atoms with Crippen LogP contribution >= 0.6 is 0 Å². The van der Waals surface area contributed by atoms with Gasteiger partial charge in [0.25, 0.3) is 0 Å². The van der Waals surface area contributed by atoms with Crippen molar-refractivity contribution in [3.8, 4) is 0 Å². The number of esters is 1. The van der Waals surface area contributed by atoms with E-state index in [0.29, 0.717) is 11.3 Å². The standard InChI is InChI=1S/C26H27NO4S/c1-18-9-19(2)11-22(10-18)14-27-13-20-3-5-21(6-4-20)15-30-26(28)23-7-8-24-17-32(29)31-16-25(24)12-23/h3-12,27H,13-17H2,1-2H3. The molecule has 6 heteroatoms. The van der Waals surface area contributed by atoms with Crippen LogP contribution in [0.5, 0.6) is 0 Å². The molecule has 0 aliphatic carbocycles. The summed E-state index contributed by atoms with van der Waals surface area (Å²) in [6.07, 6.45) is 0. The Kier molecular flexibility index (Phi) is 7.15. The lowest BCUT2D eigenvalue weighted by atomic mass is 10.1. The van der Waals surface area contributed by atoms with Crippen molar-refractivity contribution in [3.63, 3.8) is 0 Å². The van der Waals surface area contributed by atoms with E-state index in [4.69, 9.17) is 8.92 Å². The topological polar surface area (TPSA) is 64.6 Å². The van der Waals surface area contributed by atoms with Gasteiger partial charge in [-0.05, 0) is 53.8 Å². The van der Waals surface area contributed by atoms with Gasteiger partial charge in [0.05, 0.1) is 17.9 Å². The van der Waals surface area contributed by atoms with E-state index in [2.05, 4.69) is 37.4 Å². The SMILES string of the molecule is Cc1cc(C)cc(CNCc2ccc(COC(=O)c3ccc4c(c3)COS(=O)C4)cc2)c1. The summed E-state index contributed by atoms with van der Waals surface area (Å²) < 4.78 is 22.1. The minimum Gasteiger partial charge on any atom is -0.457 e. The van der Waals surface area contributed by atoms with E-state index in [9.17, 15) is 9.00 Å². The zero-order chi connectivity index (χ0) is 22.5. The second-order valence-corrected chi connectivity index (χ2v) is 9.32. The third-order valence-corrected chi connectivity index (χ3v) is 6.32. The number of rotatable bonds is 7. The van der Waals surface area contributed by atoms with Crippen LogP contribution in [0, 0.1) is 13.8 Å². The van der Waals surface area contributed by atoms with Crippen molar-refractivity contribution in [1.29, 1.82) is 0 Å². The van der Waals surface area contributed by atoms with Gasteiger partial charge in [0.15, 0.2) is 11.1 Å². The molecular formula is C26H27NO4S. The highest BCUT2D eigenvalue weighted by Gasteiger charge is 2.17. The zero-order valence-electron chi connectivity index (χ0n) is 18.4. The van der Waals surface area contributed by atoms with Gasteiger partial charge in [-0.15, -0.1) is 0 Å². The molecular weight excluding hydrogens is 422 g/mol. The molecule has 0 aromatic heterocycles. The summed E-state index contributed by atoms with van der Waals surface area (Å²) >= 11 is -1.28. The van der Waals surface area contributed by atoms with Gasteiger partial charge in [0.2, 0.25) is 0 Å². The van der Waals surface area contributed by atoms with Crippen molar-refractivity contribution < 1.29 is 17.9 Å². The summed E-state index contributed by atoms with van der Waals surface area (Å²) in [4.78, 5) is 12.4. The Morgan fingerprint density at radius 3 is 2.34 bits per heavy atom. The Morgan fingerprint density at radius 1 is 0.906 bits per heavy atom. The number of benzene rings is 3. The normalized spacial score (nSPS) is 15.2. The second-order valence-electron chi connectivity index (χ2n) is 8.19. The molecule has 1 heterocycles. The van der Waals surface area contributed by atoms with E-state index >= 15 is 0 Å². The molecule has 4 rings (SSSR count). The molecule has 32 heavy (non-hydrogen) atoms. The maximum Gasteiger partial charge on any atom is 0.338 e. The third-order valence-electron chi connectivity index (χ3n) is 5.39. The summed E-state index contributed by atoms with van der Waals surface area (Å²) in [5.74, 6) is -0.0186. The maximum atomic E-state index is 12.4. The Morgan fingerprint density at radius 2 is 1.59 bits per heavy atom. The lowest BCUT2D eigenvalue weighted by Gasteiger charge is -2.16. The molecule has 3 aromatic carbocycles. The molecule has 5 nitrogen and oxygen atoms in total. The first-order valence-electron chi connectivity index (χ1n) is 10.6. The lowest BCUT2D eigenvalue weighted by Crippen LogP contribution is -2.13. The number of hydrogen-bond acceptors (Lipinski definition) is 5. The van der Waals surface area contributed by atoms with Gasteiger partial charge >= 0.3 is 5.97 Å². The van der Waals surface area contributed by atoms with E-state index in [1.54, 1.807) is 12.1 Å². The molecule has 1 atom stereocenters. The zero-order valence-corrected chi connectivity index (χ0v) is 19.2. The molecule has 0 radical (unpaired) electrons. The predicted molar refractivity (Wildman–Crippen MR) is 125 cm³/mol. The minimum atomic E-state index is -1.28. The minimum absolute atomic E-state index is 0.215. The lowest BCUT2D eigenvalue weighted by molar-refractivity contribution is 0.0472. The molecule has 0 amide bonds. The summed E-state index contributed by atoms with van der Waals surface area (Å²) in [6, 6.07) is 20.0. The predicted octanol–water partition coefficient (Wildman–Crippen LogP) is 4.64. The molecule has 166 valence electrons. The summed E-state index contributed by atoms with van der Waals surface area (Å²) in [7, 11) is 0. The molecule has 0 saturated carbocycles. The van der Waals surface area contributed by atoms with Crippen LogP contribution in [0.1, 0.15) is 49.3 Å². The molecule has 1 aliphatic rings. The third kappa shape index (κ3) is 5.91. The number of carbonyl (C=O) groups is 1. The van der Waals surface area contributed by atoms with E-state index in [0.717, 1.165) is 29.8 Å². The highest BCUT2D eigenvalue weighted by molar-refractivity contribution is 7.79. The maximum absolute atomic E-state index is 12.4. The summed E-state index contributed by atoms with van der Waals surface area (Å²) in [5.41, 5.74) is 8.27. The molecule has 1 N–H and O–H groups in total. The van der Waals surface area contributed by atoms with Gasteiger partial charge in [-0.2, -0.15) is 0 Å². The largest absolute Gasteiger partial charge is 0.457 e. The van der Waals surface area contributed by atoms with Gasteiger partial charge < -0.3 is 10.1 Å². The first kappa shape index (κ1) is 22.4. The van der Waals surface area contributed by atoms with Crippen LogP contribution < -0.4 is 5.32 Å². The van der Waals surface area contributed by atoms with E-state index in [1.807, 2.05) is 30.3 Å². The van der Waals surface area contributed by atoms with Crippen molar-refractivity contribution in [2.24, 2.45) is 0 Å². The van der Waals surface area contributed by atoms with Crippen molar-refractivity contribution >= 4 is 17.0 Å². The Hall–Kier alpha value is -2.80. The van der Waals surface area contributed by atoms with Gasteiger partial charge in [-0.1, -0.05) is 59.7 Å². The fraction of sp³-hybridized carbons (Fsp3) is 0.269. The first-order valence-corrected chi connectivity index (χ1v) is 11.9. The summed E-state index contributed by atoms with van der Waals surface area (Å²) in [5, 5.41) is 3.48. The van der Waals surface area contributed by atoms with Gasteiger partial charge in [0, 0.05) is 13.1 Å².